The summed E-state index contributed by atoms with van der Waals surface area (Å²) in [4.78, 5) is 24.0. The second-order valence-corrected chi connectivity index (χ2v) is 7.61. The van der Waals surface area contributed by atoms with Gasteiger partial charge in [-0.05, 0) is 60.0 Å². The number of carbonyl (C=O) groups excluding carboxylic acids is 2. The van der Waals surface area contributed by atoms with Crippen molar-refractivity contribution in [3.05, 3.63) is 99.5 Å². The molecule has 0 aliphatic heterocycles. The lowest BCUT2D eigenvalue weighted by molar-refractivity contribution is -0.123. The lowest BCUT2D eigenvalue weighted by Gasteiger charge is -2.08. The van der Waals surface area contributed by atoms with E-state index in [1.807, 2.05) is 30.3 Å². The van der Waals surface area contributed by atoms with E-state index in [-0.39, 0.29) is 23.1 Å². The standard InChI is InChI=1S/C24H21Cl2N3O3/c25-19-8-11-21(22(26)14-19)24(31)29-28-15-18-6-9-20(10-7-18)32-16-23(30)27-13-12-17-4-2-1-3-5-17/h1-11,14-15H,12-13,16H2,(H,27,30)(H,29,31)/b28-15+. The van der Waals surface area contributed by atoms with Gasteiger partial charge in [0.25, 0.3) is 11.8 Å². The topological polar surface area (TPSA) is 79.8 Å². The van der Waals surface area contributed by atoms with E-state index < -0.39 is 5.91 Å². The van der Waals surface area contributed by atoms with Crippen LogP contribution in [0.15, 0.2) is 77.9 Å². The van der Waals surface area contributed by atoms with Gasteiger partial charge in [0.15, 0.2) is 6.61 Å². The molecule has 32 heavy (non-hydrogen) atoms. The molecule has 2 N–H and O–H groups in total. The van der Waals surface area contributed by atoms with Gasteiger partial charge in [-0.25, -0.2) is 5.43 Å². The molecule has 0 aromatic heterocycles. The van der Waals surface area contributed by atoms with Crippen molar-refractivity contribution in [3.63, 3.8) is 0 Å². The molecule has 0 aliphatic rings. The maximum Gasteiger partial charge on any atom is 0.272 e. The zero-order valence-electron chi connectivity index (χ0n) is 17.1. The van der Waals surface area contributed by atoms with Crippen molar-refractivity contribution < 1.29 is 14.3 Å². The molecule has 0 saturated carbocycles. The third kappa shape index (κ3) is 7.41. The minimum atomic E-state index is -0.443. The number of benzene rings is 3. The van der Waals surface area contributed by atoms with E-state index >= 15 is 0 Å². The van der Waals surface area contributed by atoms with Crippen LogP contribution < -0.4 is 15.5 Å². The highest BCUT2D eigenvalue weighted by atomic mass is 35.5. The maximum absolute atomic E-state index is 12.1. The Hall–Kier alpha value is -3.35. The van der Waals surface area contributed by atoms with Crippen LogP contribution in [0.4, 0.5) is 0 Å². The van der Waals surface area contributed by atoms with Gasteiger partial charge in [0.05, 0.1) is 16.8 Å². The predicted octanol–water partition coefficient (Wildman–Crippen LogP) is 4.50. The number of halogens is 2. The summed E-state index contributed by atoms with van der Waals surface area (Å²) in [6, 6.07) is 21.5. The van der Waals surface area contributed by atoms with Crippen LogP contribution in [-0.4, -0.2) is 31.2 Å². The minimum absolute atomic E-state index is 0.0693. The fourth-order valence-corrected chi connectivity index (χ4v) is 3.23. The van der Waals surface area contributed by atoms with Crippen LogP contribution in [0.1, 0.15) is 21.5 Å². The molecule has 0 spiro atoms. The number of rotatable bonds is 9. The Kier molecular flexibility index (Phi) is 8.66. The van der Waals surface area contributed by atoms with Crippen LogP contribution in [0.2, 0.25) is 10.0 Å². The second-order valence-electron chi connectivity index (χ2n) is 6.77. The number of nitrogens with one attached hydrogen (secondary N) is 2. The fourth-order valence-electron chi connectivity index (χ4n) is 2.74. The Labute approximate surface area is 196 Å². The number of hydrazone groups is 1. The zero-order chi connectivity index (χ0) is 22.8. The van der Waals surface area contributed by atoms with Crippen LogP contribution in [0.25, 0.3) is 0 Å². The van der Waals surface area contributed by atoms with Gasteiger partial charge in [-0.2, -0.15) is 5.10 Å². The Morgan fingerprint density at radius 3 is 2.44 bits per heavy atom. The van der Waals surface area contributed by atoms with Gasteiger partial charge >= 0.3 is 0 Å². The van der Waals surface area contributed by atoms with Gasteiger partial charge in [-0.3, -0.25) is 9.59 Å². The molecule has 164 valence electrons. The first kappa shape index (κ1) is 23.3. The summed E-state index contributed by atoms with van der Waals surface area (Å²) in [6.07, 6.45) is 2.25. The molecule has 0 fully saturated rings. The summed E-state index contributed by atoms with van der Waals surface area (Å²) in [5.74, 6) is -0.0753. The number of hydrogen-bond acceptors (Lipinski definition) is 4. The summed E-state index contributed by atoms with van der Waals surface area (Å²) in [7, 11) is 0. The van der Waals surface area contributed by atoms with Gasteiger partial charge in [-0.1, -0.05) is 53.5 Å². The van der Waals surface area contributed by atoms with Crippen molar-refractivity contribution in [2.75, 3.05) is 13.2 Å². The monoisotopic (exact) mass is 469 g/mol. The first-order valence-electron chi connectivity index (χ1n) is 9.83. The molecule has 0 bridgehead atoms. The molecular weight excluding hydrogens is 449 g/mol. The minimum Gasteiger partial charge on any atom is -0.484 e. The van der Waals surface area contributed by atoms with Crippen LogP contribution >= 0.6 is 23.2 Å². The molecule has 3 aromatic carbocycles. The lowest BCUT2D eigenvalue weighted by Crippen LogP contribution is -2.30. The Bertz CT molecular complexity index is 1090. The van der Waals surface area contributed by atoms with E-state index in [0.29, 0.717) is 17.3 Å². The number of amides is 2. The van der Waals surface area contributed by atoms with Gasteiger partial charge in [0.1, 0.15) is 5.75 Å². The average Bonchev–Trinajstić information content (AvgIpc) is 2.79. The SMILES string of the molecule is O=C(COc1ccc(/C=N/NC(=O)c2ccc(Cl)cc2Cl)cc1)NCCc1ccccc1. The first-order chi connectivity index (χ1) is 15.5. The van der Waals surface area contributed by atoms with Gasteiger partial charge in [0, 0.05) is 11.6 Å². The summed E-state index contributed by atoms with van der Waals surface area (Å²) in [5.41, 5.74) is 4.60. The van der Waals surface area contributed by atoms with E-state index in [0.717, 1.165) is 12.0 Å². The summed E-state index contributed by atoms with van der Waals surface area (Å²) < 4.78 is 5.50. The molecule has 0 radical (unpaired) electrons. The quantitative estimate of drug-likeness (QED) is 0.357. The second kappa shape index (κ2) is 11.9. The van der Waals surface area contributed by atoms with Gasteiger partial charge in [0.2, 0.25) is 0 Å². The van der Waals surface area contributed by atoms with Crippen molar-refractivity contribution in [1.29, 1.82) is 0 Å². The highest BCUT2D eigenvalue weighted by Gasteiger charge is 2.09. The van der Waals surface area contributed by atoms with Crippen LogP contribution in [-0.2, 0) is 11.2 Å². The third-order valence-electron chi connectivity index (χ3n) is 4.38. The lowest BCUT2D eigenvalue weighted by atomic mass is 10.1. The van der Waals surface area contributed by atoms with Gasteiger partial charge < -0.3 is 10.1 Å². The smallest absolute Gasteiger partial charge is 0.272 e. The predicted molar refractivity (Wildman–Crippen MR) is 127 cm³/mol. The number of hydrogen-bond donors (Lipinski definition) is 2. The molecule has 3 aromatic rings. The van der Waals surface area contributed by atoms with Crippen molar-refractivity contribution in [1.82, 2.24) is 10.7 Å². The molecule has 0 unspecified atom stereocenters. The zero-order valence-corrected chi connectivity index (χ0v) is 18.6. The largest absolute Gasteiger partial charge is 0.484 e. The fraction of sp³-hybridized carbons (Fsp3) is 0.125. The highest BCUT2D eigenvalue weighted by molar-refractivity contribution is 6.36. The van der Waals surface area contributed by atoms with Crippen molar-refractivity contribution in [2.45, 2.75) is 6.42 Å². The summed E-state index contributed by atoms with van der Waals surface area (Å²) >= 11 is 11.8. The van der Waals surface area contributed by atoms with E-state index in [4.69, 9.17) is 27.9 Å². The van der Waals surface area contributed by atoms with Crippen molar-refractivity contribution >= 4 is 41.2 Å². The molecule has 6 nitrogen and oxygen atoms in total. The Balaban J connectivity index is 1.40. The van der Waals surface area contributed by atoms with Crippen LogP contribution in [0.3, 0.4) is 0 Å². The molecular formula is C24H21Cl2N3O3. The van der Waals surface area contributed by atoms with Crippen molar-refractivity contribution in [3.8, 4) is 5.75 Å². The van der Waals surface area contributed by atoms with E-state index in [2.05, 4.69) is 15.8 Å². The molecule has 0 aliphatic carbocycles. The Morgan fingerprint density at radius 2 is 1.72 bits per heavy atom. The molecule has 2 amide bonds. The van der Waals surface area contributed by atoms with E-state index in [1.54, 1.807) is 30.3 Å². The number of carbonyl (C=O) groups is 2. The van der Waals surface area contributed by atoms with Crippen molar-refractivity contribution in [2.24, 2.45) is 5.10 Å². The number of ether oxygens (including phenoxy) is 1. The highest BCUT2D eigenvalue weighted by Crippen LogP contribution is 2.20. The summed E-state index contributed by atoms with van der Waals surface area (Å²) in [6.45, 7) is 0.481. The van der Waals surface area contributed by atoms with E-state index in [9.17, 15) is 9.59 Å². The molecule has 0 heterocycles. The molecule has 3 rings (SSSR count). The third-order valence-corrected chi connectivity index (χ3v) is 4.93. The first-order valence-corrected chi connectivity index (χ1v) is 10.6. The number of nitrogens with zero attached hydrogens (tertiary/aromatic N) is 1. The normalized spacial score (nSPS) is 10.7. The average molecular weight is 470 g/mol. The maximum atomic E-state index is 12.1. The molecule has 8 heteroatoms. The van der Waals surface area contributed by atoms with E-state index in [1.165, 1.54) is 23.9 Å². The molecule has 0 atom stereocenters. The van der Waals surface area contributed by atoms with Gasteiger partial charge in [-0.15, -0.1) is 0 Å². The van der Waals surface area contributed by atoms with Crippen LogP contribution in [0.5, 0.6) is 5.75 Å². The van der Waals surface area contributed by atoms with Crippen LogP contribution in [0, 0.1) is 0 Å². The summed E-state index contributed by atoms with van der Waals surface area (Å²) in [5, 5.41) is 7.45. The Morgan fingerprint density at radius 1 is 0.969 bits per heavy atom. The molecule has 0 saturated heterocycles.